The first kappa shape index (κ1) is 10.5. The predicted molar refractivity (Wildman–Crippen MR) is 52.3 cm³/mol. The van der Waals surface area contributed by atoms with Crippen LogP contribution in [-0.2, 0) is 4.79 Å². The first-order valence-electron chi connectivity index (χ1n) is 4.93. The average molecular weight is 185 g/mol. The number of nitrogens with zero attached hydrogens (tertiary/aromatic N) is 1. The van der Waals surface area contributed by atoms with E-state index in [4.69, 9.17) is 5.73 Å². The summed E-state index contributed by atoms with van der Waals surface area (Å²) in [4.78, 5) is 13.7. The van der Waals surface area contributed by atoms with Crippen LogP contribution in [0.1, 0.15) is 19.3 Å². The van der Waals surface area contributed by atoms with Crippen LogP contribution in [0.25, 0.3) is 0 Å². The maximum atomic E-state index is 11.6. The fraction of sp³-hybridized carbons (Fsp3) is 0.889. The van der Waals surface area contributed by atoms with Crippen molar-refractivity contribution in [2.75, 3.05) is 26.7 Å². The summed E-state index contributed by atoms with van der Waals surface area (Å²) in [6.45, 7) is 2.13. The van der Waals surface area contributed by atoms with Crippen molar-refractivity contribution in [1.82, 2.24) is 10.2 Å². The third-order valence-electron chi connectivity index (χ3n) is 2.52. The maximum Gasteiger partial charge on any atom is 0.237 e. The van der Waals surface area contributed by atoms with Crippen molar-refractivity contribution in [2.45, 2.75) is 25.3 Å². The van der Waals surface area contributed by atoms with Gasteiger partial charge in [-0.05, 0) is 26.4 Å². The summed E-state index contributed by atoms with van der Waals surface area (Å²) in [7, 11) is 2.01. The Morgan fingerprint density at radius 1 is 1.62 bits per heavy atom. The SMILES string of the molecule is CN1CCCCC1C(=O)NCCN. The van der Waals surface area contributed by atoms with E-state index < -0.39 is 0 Å². The number of amides is 1. The van der Waals surface area contributed by atoms with Gasteiger partial charge >= 0.3 is 0 Å². The molecule has 3 N–H and O–H groups in total. The fourth-order valence-electron chi connectivity index (χ4n) is 1.72. The number of rotatable bonds is 3. The molecule has 1 rings (SSSR count). The number of nitrogens with one attached hydrogen (secondary N) is 1. The van der Waals surface area contributed by atoms with Gasteiger partial charge in [-0.25, -0.2) is 0 Å². The molecule has 1 amide bonds. The number of likely N-dealkylation sites (tertiary alicyclic amines) is 1. The summed E-state index contributed by atoms with van der Waals surface area (Å²) < 4.78 is 0. The minimum absolute atomic E-state index is 0.0697. The molecule has 0 saturated carbocycles. The highest BCUT2D eigenvalue weighted by Crippen LogP contribution is 2.14. The first-order chi connectivity index (χ1) is 6.25. The number of piperidine rings is 1. The van der Waals surface area contributed by atoms with Crippen molar-refractivity contribution in [3.63, 3.8) is 0 Å². The van der Waals surface area contributed by atoms with E-state index in [1.807, 2.05) is 7.05 Å². The van der Waals surface area contributed by atoms with Crippen LogP contribution in [0.5, 0.6) is 0 Å². The molecule has 1 aliphatic rings. The molecule has 0 bridgehead atoms. The van der Waals surface area contributed by atoms with Crippen LogP contribution >= 0.6 is 0 Å². The second-order valence-electron chi connectivity index (χ2n) is 3.57. The van der Waals surface area contributed by atoms with Gasteiger partial charge in [0.1, 0.15) is 0 Å². The van der Waals surface area contributed by atoms with Crippen LogP contribution in [0.15, 0.2) is 0 Å². The minimum Gasteiger partial charge on any atom is -0.353 e. The Balaban J connectivity index is 2.35. The number of nitrogens with two attached hydrogens (primary N) is 1. The summed E-state index contributed by atoms with van der Waals surface area (Å²) in [5.74, 6) is 0.132. The molecule has 1 atom stereocenters. The van der Waals surface area contributed by atoms with E-state index in [0.29, 0.717) is 13.1 Å². The number of likely N-dealkylation sites (N-methyl/N-ethyl adjacent to an activating group) is 1. The monoisotopic (exact) mass is 185 g/mol. The maximum absolute atomic E-state index is 11.6. The summed E-state index contributed by atoms with van der Waals surface area (Å²) in [5.41, 5.74) is 5.31. The molecule has 0 aliphatic carbocycles. The molecular weight excluding hydrogens is 166 g/mol. The van der Waals surface area contributed by atoms with Crippen molar-refractivity contribution < 1.29 is 4.79 Å². The molecule has 0 aromatic carbocycles. The van der Waals surface area contributed by atoms with E-state index in [1.54, 1.807) is 0 Å². The van der Waals surface area contributed by atoms with Crippen molar-refractivity contribution in [1.29, 1.82) is 0 Å². The lowest BCUT2D eigenvalue weighted by molar-refractivity contribution is -0.126. The molecule has 1 fully saturated rings. The second kappa shape index (κ2) is 5.19. The molecule has 4 nitrogen and oxygen atoms in total. The lowest BCUT2D eigenvalue weighted by Crippen LogP contribution is -2.48. The second-order valence-corrected chi connectivity index (χ2v) is 3.57. The Kier molecular flexibility index (Phi) is 4.18. The first-order valence-corrected chi connectivity index (χ1v) is 4.93. The number of carbonyl (C=O) groups excluding carboxylic acids is 1. The third-order valence-corrected chi connectivity index (χ3v) is 2.52. The predicted octanol–water partition coefficient (Wildman–Crippen LogP) is -0.454. The topological polar surface area (TPSA) is 58.4 Å². The van der Waals surface area contributed by atoms with E-state index in [-0.39, 0.29) is 11.9 Å². The Hall–Kier alpha value is -0.610. The van der Waals surface area contributed by atoms with Gasteiger partial charge in [0.25, 0.3) is 0 Å². The zero-order valence-electron chi connectivity index (χ0n) is 8.25. The molecule has 13 heavy (non-hydrogen) atoms. The van der Waals surface area contributed by atoms with Crippen LogP contribution in [0, 0.1) is 0 Å². The van der Waals surface area contributed by atoms with E-state index in [2.05, 4.69) is 10.2 Å². The highest BCUT2D eigenvalue weighted by atomic mass is 16.2. The zero-order valence-corrected chi connectivity index (χ0v) is 8.25. The average Bonchev–Trinajstić information content (AvgIpc) is 2.15. The van der Waals surface area contributed by atoms with Crippen molar-refractivity contribution >= 4 is 5.91 Å². The fourth-order valence-corrected chi connectivity index (χ4v) is 1.72. The van der Waals surface area contributed by atoms with E-state index in [0.717, 1.165) is 19.4 Å². The minimum atomic E-state index is 0.0697. The standard InChI is InChI=1S/C9H19N3O/c1-12-7-3-2-4-8(12)9(13)11-6-5-10/h8H,2-7,10H2,1H3,(H,11,13). The van der Waals surface area contributed by atoms with Gasteiger partial charge in [-0.15, -0.1) is 0 Å². The van der Waals surface area contributed by atoms with E-state index in [9.17, 15) is 4.79 Å². The van der Waals surface area contributed by atoms with Crippen molar-refractivity contribution in [3.05, 3.63) is 0 Å². The molecule has 0 spiro atoms. The molecule has 0 aromatic rings. The van der Waals surface area contributed by atoms with Gasteiger partial charge in [0.2, 0.25) is 5.91 Å². The molecule has 1 saturated heterocycles. The highest BCUT2D eigenvalue weighted by Gasteiger charge is 2.24. The molecule has 0 aromatic heterocycles. The van der Waals surface area contributed by atoms with Crippen LogP contribution in [-0.4, -0.2) is 43.5 Å². The lowest BCUT2D eigenvalue weighted by Gasteiger charge is -2.31. The lowest BCUT2D eigenvalue weighted by atomic mass is 10.0. The Labute approximate surface area is 79.5 Å². The number of hydrogen-bond donors (Lipinski definition) is 2. The third kappa shape index (κ3) is 2.97. The summed E-state index contributed by atoms with van der Waals surface area (Å²) in [6, 6.07) is 0.0697. The number of carbonyl (C=O) groups is 1. The summed E-state index contributed by atoms with van der Waals surface area (Å²) in [6.07, 6.45) is 3.34. The van der Waals surface area contributed by atoms with Gasteiger partial charge in [0.05, 0.1) is 6.04 Å². The van der Waals surface area contributed by atoms with Crippen molar-refractivity contribution in [2.24, 2.45) is 5.73 Å². The highest BCUT2D eigenvalue weighted by molar-refractivity contribution is 5.81. The van der Waals surface area contributed by atoms with Crippen molar-refractivity contribution in [3.8, 4) is 0 Å². The van der Waals surface area contributed by atoms with E-state index in [1.165, 1.54) is 6.42 Å². The Morgan fingerprint density at radius 2 is 2.38 bits per heavy atom. The molecule has 1 unspecified atom stereocenters. The Bertz CT molecular complexity index is 172. The van der Waals surface area contributed by atoms with Gasteiger partial charge in [0, 0.05) is 13.1 Å². The van der Waals surface area contributed by atoms with Gasteiger partial charge in [-0.1, -0.05) is 6.42 Å². The van der Waals surface area contributed by atoms with Gasteiger partial charge in [-0.3, -0.25) is 9.69 Å². The van der Waals surface area contributed by atoms with Crippen LogP contribution in [0.3, 0.4) is 0 Å². The molecule has 1 heterocycles. The summed E-state index contributed by atoms with van der Waals surface area (Å²) >= 11 is 0. The quantitative estimate of drug-likeness (QED) is 0.626. The van der Waals surface area contributed by atoms with Crippen LogP contribution in [0.4, 0.5) is 0 Å². The zero-order chi connectivity index (χ0) is 9.68. The van der Waals surface area contributed by atoms with Gasteiger partial charge in [0.15, 0.2) is 0 Å². The molecule has 76 valence electrons. The summed E-state index contributed by atoms with van der Waals surface area (Å²) in [5, 5.41) is 2.83. The van der Waals surface area contributed by atoms with Crippen LogP contribution < -0.4 is 11.1 Å². The van der Waals surface area contributed by atoms with Crippen LogP contribution in [0.2, 0.25) is 0 Å². The molecule has 0 radical (unpaired) electrons. The Morgan fingerprint density at radius 3 is 3.00 bits per heavy atom. The smallest absolute Gasteiger partial charge is 0.237 e. The number of hydrogen-bond acceptors (Lipinski definition) is 3. The molecule has 4 heteroatoms. The largest absolute Gasteiger partial charge is 0.353 e. The van der Waals surface area contributed by atoms with E-state index >= 15 is 0 Å². The van der Waals surface area contributed by atoms with Gasteiger partial charge in [-0.2, -0.15) is 0 Å². The molecule has 1 aliphatic heterocycles. The van der Waals surface area contributed by atoms with Gasteiger partial charge < -0.3 is 11.1 Å². The normalized spacial score (nSPS) is 24.3. The molecular formula is C9H19N3O.